The molecule has 164 valence electrons. The maximum atomic E-state index is 12.3. The highest BCUT2D eigenvalue weighted by atomic mass is 16.5. The van der Waals surface area contributed by atoms with Crippen LogP contribution in [0.25, 0.3) is 22.8 Å². The second-order valence-corrected chi connectivity index (χ2v) is 9.14. The van der Waals surface area contributed by atoms with Crippen LogP contribution < -0.4 is 5.32 Å². The molecule has 3 aromatic heterocycles. The van der Waals surface area contributed by atoms with Crippen LogP contribution in [0.4, 0.5) is 5.95 Å². The molecule has 9 heteroatoms. The first-order valence-electron chi connectivity index (χ1n) is 11.0. The van der Waals surface area contributed by atoms with Gasteiger partial charge in [0.15, 0.2) is 5.76 Å². The SMILES string of the molecule is CN1CC[C@@](O)(c2cc(-c3cccc(-c4ccnc(NC5(C6CC6)CC5)n4)n3)no2)C1=O. The van der Waals surface area contributed by atoms with Crippen molar-refractivity contribution in [1.29, 1.82) is 0 Å². The van der Waals surface area contributed by atoms with Crippen molar-refractivity contribution in [2.24, 2.45) is 5.92 Å². The number of pyridine rings is 1. The number of aromatic nitrogens is 4. The van der Waals surface area contributed by atoms with Gasteiger partial charge in [-0.3, -0.25) is 4.79 Å². The van der Waals surface area contributed by atoms with E-state index >= 15 is 0 Å². The number of aliphatic hydroxyl groups is 1. The Kier molecular flexibility index (Phi) is 4.13. The Morgan fingerprint density at radius 1 is 1.09 bits per heavy atom. The lowest BCUT2D eigenvalue weighted by molar-refractivity contribution is -0.144. The Morgan fingerprint density at radius 3 is 2.53 bits per heavy atom. The summed E-state index contributed by atoms with van der Waals surface area (Å²) in [6, 6.07) is 8.98. The van der Waals surface area contributed by atoms with Crippen molar-refractivity contribution >= 4 is 11.9 Å². The van der Waals surface area contributed by atoms with Gasteiger partial charge in [0, 0.05) is 37.8 Å². The molecule has 0 spiro atoms. The predicted molar refractivity (Wildman–Crippen MR) is 115 cm³/mol. The maximum absolute atomic E-state index is 12.3. The molecule has 3 aliphatic rings. The van der Waals surface area contributed by atoms with Crippen LogP contribution in [0.2, 0.25) is 0 Å². The van der Waals surface area contributed by atoms with Crippen molar-refractivity contribution in [2.75, 3.05) is 18.9 Å². The Bertz CT molecular complexity index is 1200. The molecule has 1 atom stereocenters. The van der Waals surface area contributed by atoms with Gasteiger partial charge in [-0.05, 0) is 49.8 Å². The van der Waals surface area contributed by atoms with E-state index in [2.05, 4.69) is 15.5 Å². The van der Waals surface area contributed by atoms with Crippen LogP contribution in [0.15, 0.2) is 41.1 Å². The van der Waals surface area contributed by atoms with Crippen LogP contribution in [0.5, 0.6) is 0 Å². The van der Waals surface area contributed by atoms with Crippen LogP contribution in [-0.2, 0) is 10.4 Å². The van der Waals surface area contributed by atoms with Gasteiger partial charge in [-0.1, -0.05) is 11.2 Å². The lowest BCUT2D eigenvalue weighted by atomic mass is 9.98. The van der Waals surface area contributed by atoms with Gasteiger partial charge in [0.25, 0.3) is 5.91 Å². The van der Waals surface area contributed by atoms with Gasteiger partial charge in [-0.25, -0.2) is 15.0 Å². The molecule has 2 saturated carbocycles. The minimum atomic E-state index is -1.68. The minimum absolute atomic E-state index is 0.136. The molecule has 1 saturated heterocycles. The first-order chi connectivity index (χ1) is 15.5. The van der Waals surface area contributed by atoms with Gasteiger partial charge < -0.3 is 19.8 Å². The van der Waals surface area contributed by atoms with Crippen molar-refractivity contribution in [3.63, 3.8) is 0 Å². The maximum Gasteiger partial charge on any atom is 0.262 e. The van der Waals surface area contributed by atoms with Crippen molar-refractivity contribution < 1.29 is 14.4 Å². The summed E-state index contributed by atoms with van der Waals surface area (Å²) in [4.78, 5) is 27.6. The van der Waals surface area contributed by atoms with Crippen molar-refractivity contribution in [3.8, 4) is 22.8 Å². The fraction of sp³-hybridized carbons (Fsp3) is 0.435. The van der Waals surface area contributed by atoms with E-state index in [1.54, 1.807) is 19.3 Å². The first-order valence-corrected chi connectivity index (χ1v) is 11.0. The summed E-state index contributed by atoms with van der Waals surface area (Å²) in [6.45, 7) is 0.464. The zero-order valence-corrected chi connectivity index (χ0v) is 17.8. The number of anilines is 1. The molecule has 9 nitrogen and oxygen atoms in total. The highest BCUT2D eigenvalue weighted by Gasteiger charge is 2.54. The molecule has 0 unspecified atom stereocenters. The Hall–Kier alpha value is -3.33. The van der Waals surface area contributed by atoms with Gasteiger partial charge in [-0.2, -0.15) is 0 Å². The lowest BCUT2D eigenvalue weighted by Crippen LogP contribution is -2.35. The number of carbonyl (C=O) groups is 1. The van der Waals surface area contributed by atoms with Crippen LogP contribution in [0.1, 0.15) is 37.9 Å². The Balaban J connectivity index is 1.27. The molecule has 0 bridgehead atoms. The summed E-state index contributed by atoms with van der Waals surface area (Å²) in [5.74, 6) is 1.13. The van der Waals surface area contributed by atoms with Gasteiger partial charge in [0.2, 0.25) is 11.5 Å². The highest BCUT2D eigenvalue weighted by Crippen LogP contribution is 2.55. The van der Waals surface area contributed by atoms with E-state index in [1.165, 1.54) is 30.6 Å². The topological polar surface area (TPSA) is 117 Å². The van der Waals surface area contributed by atoms with Crippen LogP contribution >= 0.6 is 0 Å². The summed E-state index contributed by atoms with van der Waals surface area (Å²) >= 11 is 0. The van der Waals surface area contributed by atoms with Crippen molar-refractivity contribution in [2.45, 2.75) is 43.2 Å². The number of amides is 1. The number of nitrogens with one attached hydrogen (secondary N) is 1. The molecule has 0 radical (unpaired) electrons. The van der Waals surface area contributed by atoms with Crippen molar-refractivity contribution in [3.05, 3.63) is 42.3 Å². The van der Waals surface area contributed by atoms with Crippen LogP contribution in [-0.4, -0.2) is 55.2 Å². The zero-order chi connectivity index (χ0) is 21.9. The second-order valence-electron chi connectivity index (χ2n) is 9.14. The fourth-order valence-electron chi connectivity index (χ4n) is 4.58. The summed E-state index contributed by atoms with van der Waals surface area (Å²) in [6.07, 6.45) is 6.94. The number of hydrogen-bond donors (Lipinski definition) is 2. The smallest absolute Gasteiger partial charge is 0.262 e. The van der Waals surface area contributed by atoms with Crippen LogP contribution in [0, 0.1) is 5.92 Å². The number of rotatable bonds is 6. The van der Waals surface area contributed by atoms with Crippen molar-refractivity contribution in [1.82, 2.24) is 25.0 Å². The Labute approximate surface area is 184 Å². The average molecular weight is 432 g/mol. The molecule has 6 rings (SSSR count). The summed E-state index contributed by atoms with van der Waals surface area (Å²) in [5.41, 5.74) is 0.942. The fourth-order valence-corrected chi connectivity index (χ4v) is 4.58. The quantitative estimate of drug-likeness (QED) is 0.610. The van der Waals surface area contributed by atoms with E-state index in [0.717, 1.165) is 5.92 Å². The normalized spacial score (nSPS) is 24.1. The number of hydrogen-bond acceptors (Lipinski definition) is 8. The lowest BCUT2D eigenvalue weighted by Gasteiger charge is -2.16. The standard InChI is InChI=1S/C23H24N6O3/c1-29-12-10-23(31,20(29)30)19-13-18(28-32-19)16-4-2-3-15(25-16)17-7-11-24-21(26-17)27-22(8-9-22)14-5-6-14/h2-4,7,11,13-14,31H,5-6,8-10,12H2,1H3,(H,24,26,27)/t23-/m1/s1. The third-order valence-corrected chi connectivity index (χ3v) is 6.87. The number of nitrogens with zero attached hydrogens (tertiary/aromatic N) is 5. The molecule has 1 aliphatic heterocycles. The summed E-state index contributed by atoms with van der Waals surface area (Å²) in [7, 11) is 1.66. The molecule has 4 heterocycles. The molecular weight excluding hydrogens is 408 g/mol. The summed E-state index contributed by atoms with van der Waals surface area (Å²) in [5, 5.41) is 18.4. The number of likely N-dealkylation sites (N-methyl/N-ethyl adjacent to an activating group) is 1. The molecule has 1 amide bonds. The van der Waals surface area contributed by atoms with E-state index in [-0.39, 0.29) is 23.6 Å². The van der Waals surface area contributed by atoms with E-state index < -0.39 is 5.60 Å². The third-order valence-electron chi connectivity index (χ3n) is 6.87. The third kappa shape index (κ3) is 3.15. The predicted octanol–water partition coefficient (Wildman–Crippen LogP) is 2.60. The number of carbonyl (C=O) groups excluding carboxylic acids is 1. The summed E-state index contributed by atoms with van der Waals surface area (Å²) < 4.78 is 5.36. The van der Waals surface area contributed by atoms with Crippen LogP contribution in [0.3, 0.4) is 0 Å². The largest absolute Gasteiger partial charge is 0.373 e. The highest BCUT2D eigenvalue weighted by molar-refractivity contribution is 5.87. The molecule has 2 aliphatic carbocycles. The van der Waals surface area contributed by atoms with E-state index in [4.69, 9.17) is 14.5 Å². The molecule has 32 heavy (non-hydrogen) atoms. The average Bonchev–Trinajstić information content (AvgIpc) is 3.73. The number of likely N-dealkylation sites (tertiary alicyclic amines) is 1. The molecule has 2 N–H and O–H groups in total. The first kappa shape index (κ1) is 19.4. The van der Waals surface area contributed by atoms with E-state index in [0.29, 0.717) is 35.3 Å². The minimum Gasteiger partial charge on any atom is -0.373 e. The molecular formula is C23H24N6O3. The van der Waals surface area contributed by atoms with Gasteiger partial charge in [0.05, 0.1) is 17.1 Å². The Morgan fingerprint density at radius 2 is 1.84 bits per heavy atom. The van der Waals surface area contributed by atoms with E-state index in [1.807, 2.05) is 24.3 Å². The molecule has 0 aromatic carbocycles. The second kappa shape index (κ2) is 6.83. The van der Waals surface area contributed by atoms with Gasteiger partial charge in [0.1, 0.15) is 5.69 Å². The monoisotopic (exact) mass is 432 g/mol. The molecule has 3 fully saturated rings. The zero-order valence-electron chi connectivity index (χ0n) is 17.8. The van der Waals surface area contributed by atoms with Gasteiger partial charge >= 0.3 is 0 Å². The van der Waals surface area contributed by atoms with Gasteiger partial charge in [-0.15, -0.1) is 0 Å². The molecule has 3 aromatic rings. The van der Waals surface area contributed by atoms with E-state index in [9.17, 15) is 9.90 Å².